The third-order valence-electron chi connectivity index (χ3n) is 4.11. The number of aliphatic hydroxyl groups excluding tert-OH is 2. The van der Waals surface area contributed by atoms with E-state index in [2.05, 4.69) is 21.2 Å². The highest BCUT2D eigenvalue weighted by Crippen LogP contribution is 2.35. The third kappa shape index (κ3) is 5.35. The second-order valence-electron chi connectivity index (χ2n) is 6.24. The molecule has 0 bridgehead atoms. The van der Waals surface area contributed by atoms with Crippen molar-refractivity contribution in [3.05, 3.63) is 48.3 Å². The largest absolute Gasteiger partial charge is 0.490 e. The first-order valence-corrected chi connectivity index (χ1v) is 9.35. The van der Waals surface area contributed by atoms with Crippen LogP contribution in [0.2, 0.25) is 0 Å². The van der Waals surface area contributed by atoms with Gasteiger partial charge in [-0.15, -0.1) is 6.42 Å². The highest BCUT2D eigenvalue weighted by Gasteiger charge is 2.13. The SMILES string of the molecule is C#Cc1cccc(Nc2ncnc3cc(OCCCO)c(OCCCO)cc23)c1. The molecule has 7 heteroatoms. The van der Waals surface area contributed by atoms with Crippen molar-refractivity contribution in [2.45, 2.75) is 12.8 Å². The maximum Gasteiger partial charge on any atom is 0.163 e. The van der Waals surface area contributed by atoms with Crippen molar-refractivity contribution < 1.29 is 19.7 Å². The van der Waals surface area contributed by atoms with E-state index in [0.29, 0.717) is 48.9 Å². The molecule has 0 atom stereocenters. The monoisotopic (exact) mass is 393 g/mol. The number of nitrogens with zero attached hydrogens (tertiary/aromatic N) is 2. The minimum atomic E-state index is 0.0374. The Morgan fingerprint density at radius 2 is 1.69 bits per heavy atom. The van der Waals surface area contributed by atoms with Crippen molar-refractivity contribution in [2.24, 2.45) is 0 Å². The van der Waals surface area contributed by atoms with Gasteiger partial charge in [0.2, 0.25) is 0 Å². The van der Waals surface area contributed by atoms with Crippen molar-refractivity contribution >= 4 is 22.4 Å². The quantitative estimate of drug-likeness (QED) is 0.360. The van der Waals surface area contributed by atoms with Crippen LogP contribution in [0.3, 0.4) is 0 Å². The fourth-order valence-electron chi connectivity index (χ4n) is 2.71. The highest BCUT2D eigenvalue weighted by molar-refractivity contribution is 5.93. The van der Waals surface area contributed by atoms with Gasteiger partial charge in [-0.25, -0.2) is 9.97 Å². The Morgan fingerprint density at radius 1 is 0.966 bits per heavy atom. The second kappa shape index (κ2) is 10.3. The Morgan fingerprint density at radius 3 is 2.38 bits per heavy atom. The Hall–Kier alpha value is -3.34. The predicted octanol–water partition coefficient (Wildman–Crippen LogP) is 2.88. The van der Waals surface area contributed by atoms with Crippen LogP contribution in [0.4, 0.5) is 11.5 Å². The standard InChI is InChI=1S/C22H23N3O4/c1-2-16-6-3-7-17(12-16)25-22-18-13-20(28-10-4-8-26)21(29-11-5-9-27)14-19(18)23-15-24-22/h1,3,6-7,12-15,26-27H,4-5,8-11H2,(H,23,24,25). The third-order valence-corrected chi connectivity index (χ3v) is 4.11. The van der Waals surface area contributed by atoms with Crippen molar-refractivity contribution in [1.29, 1.82) is 0 Å². The molecule has 0 aliphatic carbocycles. The molecule has 0 saturated carbocycles. The van der Waals surface area contributed by atoms with Crippen LogP contribution < -0.4 is 14.8 Å². The molecule has 0 spiro atoms. The number of hydrogen-bond acceptors (Lipinski definition) is 7. The predicted molar refractivity (Wildman–Crippen MR) is 112 cm³/mol. The molecule has 0 unspecified atom stereocenters. The van der Waals surface area contributed by atoms with Gasteiger partial charge in [0, 0.05) is 48.8 Å². The molecule has 29 heavy (non-hydrogen) atoms. The molecule has 1 heterocycles. The normalized spacial score (nSPS) is 10.5. The van der Waals surface area contributed by atoms with Gasteiger partial charge in [-0.2, -0.15) is 0 Å². The van der Waals surface area contributed by atoms with E-state index in [-0.39, 0.29) is 13.2 Å². The van der Waals surface area contributed by atoms with Crippen LogP contribution in [0.1, 0.15) is 18.4 Å². The summed E-state index contributed by atoms with van der Waals surface area (Å²) in [5.74, 6) is 4.28. The Labute approximate surface area is 169 Å². The van der Waals surface area contributed by atoms with Gasteiger partial charge in [-0.3, -0.25) is 0 Å². The molecule has 0 saturated heterocycles. The minimum absolute atomic E-state index is 0.0374. The van der Waals surface area contributed by atoms with E-state index in [9.17, 15) is 0 Å². The molecule has 0 aliphatic heterocycles. The van der Waals surface area contributed by atoms with E-state index >= 15 is 0 Å². The zero-order valence-corrected chi connectivity index (χ0v) is 16.0. The fourth-order valence-corrected chi connectivity index (χ4v) is 2.71. The first-order chi connectivity index (χ1) is 14.2. The van der Waals surface area contributed by atoms with Crippen molar-refractivity contribution in [3.63, 3.8) is 0 Å². The molecule has 0 aliphatic rings. The number of anilines is 2. The number of aromatic nitrogens is 2. The van der Waals surface area contributed by atoms with Crippen LogP contribution in [-0.2, 0) is 0 Å². The van der Waals surface area contributed by atoms with E-state index in [4.69, 9.17) is 26.1 Å². The fraction of sp³-hybridized carbons (Fsp3) is 0.273. The number of ether oxygens (including phenoxy) is 2. The molecule has 0 radical (unpaired) electrons. The molecule has 0 fully saturated rings. The summed E-state index contributed by atoms with van der Waals surface area (Å²) < 4.78 is 11.6. The summed E-state index contributed by atoms with van der Waals surface area (Å²) in [4.78, 5) is 8.69. The zero-order valence-electron chi connectivity index (χ0n) is 16.0. The van der Waals surface area contributed by atoms with Crippen LogP contribution >= 0.6 is 0 Å². The molecule has 3 aromatic rings. The minimum Gasteiger partial charge on any atom is -0.490 e. The lowest BCUT2D eigenvalue weighted by atomic mass is 10.2. The van der Waals surface area contributed by atoms with E-state index < -0.39 is 0 Å². The number of benzene rings is 2. The Balaban J connectivity index is 1.96. The van der Waals surface area contributed by atoms with Crippen molar-refractivity contribution in [2.75, 3.05) is 31.7 Å². The number of nitrogens with one attached hydrogen (secondary N) is 1. The van der Waals surface area contributed by atoms with Gasteiger partial charge in [0.25, 0.3) is 0 Å². The maximum atomic E-state index is 9.03. The van der Waals surface area contributed by atoms with Gasteiger partial charge in [0.05, 0.1) is 18.7 Å². The van der Waals surface area contributed by atoms with Gasteiger partial charge < -0.3 is 25.0 Å². The summed E-state index contributed by atoms with van der Waals surface area (Å²) >= 11 is 0. The number of terminal acetylenes is 1. The first kappa shape index (κ1) is 20.4. The van der Waals surface area contributed by atoms with Crippen LogP contribution in [0.15, 0.2) is 42.7 Å². The van der Waals surface area contributed by atoms with E-state index in [1.807, 2.05) is 30.3 Å². The smallest absolute Gasteiger partial charge is 0.163 e. The average molecular weight is 393 g/mol. The summed E-state index contributed by atoms with van der Waals surface area (Å²) in [6.07, 6.45) is 7.97. The molecule has 7 nitrogen and oxygen atoms in total. The highest BCUT2D eigenvalue weighted by atomic mass is 16.5. The van der Waals surface area contributed by atoms with Gasteiger partial charge in [0.15, 0.2) is 11.5 Å². The summed E-state index contributed by atoms with van der Waals surface area (Å²) in [6.45, 7) is 0.781. The first-order valence-electron chi connectivity index (χ1n) is 9.35. The van der Waals surface area contributed by atoms with E-state index in [1.54, 1.807) is 6.07 Å². The zero-order chi connectivity index (χ0) is 20.5. The van der Waals surface area contributed by atoms with Gasteiger partial charge in [-0.1, -0.05) is 12.0 Å². The number of fused-ring (bicyclic) bond motifs is 1. The summed E-state index contributed by atoms with van der Waals surface area (Å²) in [6, 6.07) is 11.1. The van der Waals surface area contributed by atoms with E-state index in [1.165, 1.54) is 6.33 Å². The number of aliphatic hydroxyl groups is 2. The lowest BCUT2D eigenvalue weighted by molar-refractivity contribution is 0.211. The lowest BCUT2D eigenvalue weighted by Crippen LogP contribution is -2.05. The van der Waals surface area contributed by atoms with Crippen molar-refractivity contribution in [3.8, 4) is 23.8 Å². The van der Waals surface area contributed by atoms with Crippen LogP contribution in [0.5, 0.6) is 11.5 Å². The lowest BCUT2D eigenvalue weighted by Gasteiger charge is -2.15. The maximum absolute atomic E-state index is 9.03. The summed E-state index contributed by atoms with van der Waals surface area (Å²) in [5.41, 5.74) is 2.26. The van der Waals surface area contributed by atoms with Gasteiger partial charge in [0.1, 0.15) is 12.1 Å². The Bertz CT molecular complexity index is 1000. The molecule has 0 amide bonds. The molecular weight excluding hydrogens is 370 g/mol. The average Bonchev–Trinajstić information content (AvgIpc) is 2.75. The summed E-state index contributed by atoms with van der Waals surface area (Å²) in [7, 11) is 0. The molecule has 150 valence electrons. The van der Waals surface area contributed by atoms with Gasteiger partial charge in [-0.05, 0) is 24.3 Å². The number of rotatable bonds is 10. The molecule has 3 rings (SSSR count). The topological polar surface area (TPSA) is 96.7 Å². The summed E-state index contributed by atoms with van der Waals surface area (Å²) in [5, 5.41) is 22.0. The Kier molecular flexibility index (Phi) is 7.22. The molecule has 3 N–H and O–H groups in total. The molecular formula is C22H23N3O4. The molecule has 1 aromatic heterocycles. The molecule has 2 aromatic carbocycles. The van der Waals surface area contributed by atoms with E-state index in [0.717, 1.165) is 16.6 Å². The second-order valence-corrected chi connectivity index (χ2v) is 6.24. The number of hydrogen-bond donors (Lipinski definition) is 3. The van der Waals surface area contributed by atoms with Crippen LogP contribution in [-0.4, -0.2) is 46.6 Å². The van der Waals surface area contributed by atoms with Gasteiger partial charge >= 0.3 is 0 Å². The van der Waals surface area contributed by atoms with Crippen LogP contribution in [0, 0.1) is 12.3 Å². The van der Waals surface area contributed by atoms with Crippen LogP contribution in [0.25, 0.3) is 10.9 Å². The van der Waals surface area contributed by atoms with Crippen molar-refractivity contribution in [1.82, 2.24) is 9.97 Å².